The zero-order valence-corrected chi connectivity index (χ0v) is 10.2. The Morgan fingerprint density at radius 1 is 1.21 bits per heavy atom. The number of aliphatic imine (C=N–C) groups is 2. The van der Waals surface area contributed by atoms with Gasteiger partial charge in [0.1, 0.15) is 13.2 Å². The highest BCUT2D eigenvalue weighted by atomic mass is 16.6. The molecule has 8 nitrogen and oxygen atoms in total. The van der Waals surface area contributed by atoms with Gasteiger partial charge in [0.25, 0.3) is 6.26 Å². The molecule has 0 saturated heterocycles. The molecule has 0 aromatic rings. The molecule has 0 aliphatic heterocycles. The van der Waals surface area contributed by atoms with Crippen LogP contribution >= 0.6 is 0 Å². The Hall–Kier alpha value is -2.48. The van der Waals surface area contributed by atoms with Crippen LogP contribution in [0.2, 0.25) is 0 Å². The topological polar surface area (TPSA) is 118 Å². The van der Waals surface area contributed by atoms with Crippen molar-refractivity contribution in [2.45, 2.75) is 25.3 Å². The minimum absolute atomic E-state index is 0.0478. The number of nitriles is 1. The summed E-state index contributed by atoms with van der Waals surface area (Å²) >= 11 is 0. The SMILES string of the molecule is N#COCCOC(=O)C(CCCCN=C=O)N=C=O. The second kappa shape index (κ2) is 12.0. The molecule has 0 spiro atoms. The number of carbonyl (C=O) groups is 1. The average Bonchev–Trinajstić information content (AvgIpc) is 2.42. The Labute approximate surface area is 109 Å². The highest BCUT2D eigenvalue weighted by Gasteiger charge is 2.18. The lowest BCUT2D eigenvalue weighted by Crippen LogP contribution is -2.23. The van der Waals surface area contributed by atoms with Gasteiger partial charge in [-0.2, -0.15) is 10.3 Å². The Bertz CT molecular complexity index is 405. The number of hydrogen-bond donors (Lipinski definition) is 0. The molecule has 0 aliphatic rings. The van der Waals surface area contributed by atoms with Crippen LogP contribution in [0.4, 0.5) is 0 Å². The van der Waals surface area contributed by atoms with Crippen molar-refractivity contribution in [2.24, 2.45) is 9.98 Å². The van der Waals surface area contributed by atoms with Crippen molar-refractivity contribution in [2.75, 3.05) is 19.8 Å². The fourth-order valence-corrected chi connectivity index (χ4v) is 1.20. The van der Waals surface area contributed by atoms with Gasteiger partial charge in [-0.25, -0.2) is 19.4 Å². The van der Waals surface area contributed by atoms with E-state index in [-0.39, 0.29) is 13.2 Å². The van der Waals surface area contributed by atoms with Gasteiger partial charge >= 0.3 is 5.97 Å². The van der Waals surface area contributed by atoms with Crippen LogP contribution in [0.15, 0.2) is 9.98 Å². The quantitative estimate of drug-likeness (QED) is 0.184. The Kier molecular flexibility index (Phi) is 10.4. The first-order valence-corrected chi connectivity index (χ1v) is 5.54. The summed E-state index contributed by atoms with van der Waals surface area (Å²) in [4.78, 5) is 38.2. The number of carbonyl (C=O) groups excluding carboxylic acids is 3. The van der Waals surface area contributed by atoms with Crippen molar-refractivity contribution < 1.29 is 23.9 Å². The number of ether oxygens (including phenoxy) is 2. The third-order valence-corrected chi connectivity index (χ3v) is 2.04. The Morgan fingerprint density at radius 3 is 2.63 bits per heavy atom. The van der Waals surface area contributed by atoms with E-state index in [0.29, 0.717) is 25.8 Å². The number of esters is 1. The normalized spacial score (nSPS) is 10.3. The number of hydrogen-bond acceptors (Lipinski definition) is 8. The van der Waals surface area contributed by atoms with E-state index in [1.807, 2.05) is 0 Å². The molecule has 1 atom stereocenters. The molecule has 19 heavy (non-hydrogen) atoms. The Balaban J connectivity index is 4.01. The maximum absolute atomic E-state index is 11.5. The third kappa shape index (κ3) is 9.24. The van der Waals surface area contributed by atoms with Crippen LogP contribution in [-0.2, 0) is 23.9 Å². The smallest absolute Gasteiger partial charge is 0.331 e. The van der Waals surface area contributed by atoms with Crippen LogP contribution in [0, 0.1) is 11.5 Å². The molecule has 0 radical (unpaired) electrons. The van der Waals surface area contributed by atoms with Crippen LogP contribution in [0.25, 0.3) is 0 Å². The second-order valence-corrected chi connectivity index (χ2v) is 3.31. The van der Waals surface area contributed by atoms with E-state index in [1.165, 1.54) is 18.4 Å². The van der Waals surface area contributed by atoms with Crippen LogP contribution in [-0.4, -0.2) is 43.9 Å². The van der Waals surface area contributed by atoms with E-state index >= 15 is 0 Å². The first kappa shape index (κ1) is 16.5. The van der Waals surface area contributed by atoms with Crippen LogP contribution in [0.5, 0.6) is 0 Å². The minimum Gasteiger partial charge on any atom is -0.460 e. The van der Waals surface area contributed by atoms with Gasteiger partial charge in [0.2, 0.25) is 12.2 Å². The molecule has 8 heteroatoms. The zero-order valence-electron chi connectivity index (χ0n) is 10.2. The fraction of sp³-hybridized carbons (Fsp3) is 0.636. The maximum Gasteiger partial charge on any atom is 0.331 e. The lowest BCUT2D eigenvalue weighted by Gasteiger charge is -2.09. The van der Waals surface area contributed by atoms with Crippen molar-refractivity contribution in [3.05, 3.63) is 0 Å². The minimum atomic E-state index is -0.931. The first-order chi connectivity index (χ1) is 9.26. The average molecular weight is 267 g/mol. The van der Waals surface area contributed by atoms with E-state index in [9.17, 15) is 14.4 Å². The number of isocyanates is 2. The Morgan fingerprint density at radius 2 is 2.00 bits per heavy atom. The van der Waals surface area contributed by atoms with Gasteiger partial charge in [-0.1, -0.05) is 0 Å². The molecule has 0 saturated carbocycles. The predicted octanol–water partition coefficient (Wildman–Crippen LogP) is 0.238. The van der Waals surface area contributed by atoms with Crippen LogP contribution in [0.3, 0.4) is 0 Å². The van der Waals surface area contributed by atoms with Gasteiger partial charge in [0.15, 0.2) is 6.04 Å². The van der Waals surface area contributed by atoms with Gasteiger partial charge in [0, 0.05) is 0 Å². The number of nitrogens with zero attached hydrogens (tertiary/aromatic N) is 3. The molecule has 0 rings (SSSR count). The van der Waals surface area contributed by atoms with Gasteiger partial charge in [-0.05, 0) is 19.3 Å². The van der Waals surface area contributed by atoms with E-state index in [2.05, 4.69) is 14.7 Å². The van der Waals surface area contributed by atoms with Crippen molar-refractivity contribution in [3.8, 4) is 6.26 Å². The largest absolute Gasteiger partial charge is 0.460 e. The van der Waals surface area contributed by atoms with E-state index in [4.69, 9.17) is 10.00 Å². The van der Waals surface area contributed by atoms with Crippen molar-refractivity contribution in [1.82, 2.24) is 0 Å². The molecular weight excluding hydrogens is 254 g/mol. The van der Waals surface area contributed by atoms with Gasteiger partial charge < -0.3 is 9.47 Å². The zero-order chi connectivity index (χ0) is 14.3. The predicted molar refractivity (Wildman–Crippen MR) is 61.3 cm³/mol. The van der Waals surface area contributed by atoms with Crippen LogP contribution < -0.4 is 0 Å². The molecule has 1 unspecified atom stereocenters. The summed E-state index contributed by atoms with van der Waals surface area (Å²) in [5.41, 5.74) is 0. The molecule has 102 valence electrons. The summed E-state index contributed by atoms with van der Waals surface area (Å²) in [6, 6.07) is -0.931. The first-order valence-electron chi connectivity index (χ1n) is 5.54. The summed E-state index contributed by atoms with van der Waals surface area (Å²) < 4.78 is 9.08. The molecule has 0 aromatic heterocycles. The second-order valence-electron chi connectivity index (χ2n) is 3.31. The molecule has 0 amide bonds. The van der Waals surface area contributed by atoms with Crippen molar-refractivity contribution in [1.29, 1.82) is 5.26 Å². The highest BCUT2D eigenvalue weighted by molar-refractivity contribution is 5.76. The molecule has 0 N–H and O–H groups in total. The standard InChI is InChI=1S/C11H13N3O5/c12-7-18-5-6-19-11(17)10(14-9-16)3-1-2-4-13-8-15/h10H,1-6H2. The van der Waals surface area contributed by atoms with E-state index < -0.39 is 12.0 Å². The molecule has 0 heterocycles. The fourth-order valence-electron chi connectivity index (χ4n) is 1.20. The van der Waals surface area contributed by atoms with Gasteiger partial charge in [-0.15, -0.1) is 0 Å². The summed E-state index contributed by atoms with van der Waals surface area (Å²) in [6.07, 6.45) is 5.55. The maximum atomic E-state index is 11.5. The van der Waals surface area contributed by atoms with Crippen molar-refractivity contribution >= 4 is 18.1 Å². The molecular formula is C11H13N3O5. The number of rotatable bonds is 10. The lowest BCUT2D eigenvalue weighted by atomic mass is 10.1. The highest BCUT2D eigenvalue weighted by Crippen LogP contribution is 2.06. The summed E-state index contributed by atoms with van der Waals surface area (Å²) in [5.74, 6) is -0.677. The monoisotopic (exact) mass is 267 g/mol. The third-order valence-electron chi connectivity index (χ3n) is 2.04. The summed E-state index contributed by atoms with van der Waals surface area (Å²) in [6.45, 7) is 0.173. The molecule has 0 aromatic carbocycles. The number of unbranched alkanes of at least 4 members (excludes halogenated alkanes) is 1. The van der Waals surface area contributed by atoms with E-state index in [1.54, 1.807) is 0 Å². The van der Waals surface area contributed by atoms with Crippen LogP contribution in [0.1, 0.15) is 19.3 Å². The summed E-state index contributed by atoms with van der Waals surface area (Å²) in [5, 5.41) is 8.09. The summed E-state index contributed by atoms with van der Waals surface area (Å²) in [7, 11) is 0. The molecule has 0 bridgehead atoms. The van der Waals surface area contributed by atoms with Gasteiger partial charge in [-0.3, -0.25) is 0 Å². The van der Waals surface area contributed by atoms with Gasteiger partial charge in [0.05, 0.1) is 6.54 Å². The lowest BCUT2D eigenvalue weighted by molar-refractivity contribution is -0.146. The van der Waals surface area contributed by atoms with E-state index in [0.717, 1.165) is 0 Å². The van der Waals surface area contributed by atoms with Crippen molar-refractivity contribution in [3.63, 3.8) is 0 Å². The molecule has 0 fully saturated rings. The molecule has 0 aliphatic carbocycles.